The summed E-state index contributed by atoms with van der Waals surface area (Å²) in [7, 11) is 10.6. The number of fused-ring (bicyclic) bond motifs is 4. The molecule has 0 saturated heterocycles. The van der Waals surface area contributed by atoms with Crippen molar-refractivity contribution in [2.24, 2.45) is 7.05 Å². The number of halogens is 1. The van der Waals surface area contributed by atoms with Crippen molar-refractivity contribution in [3.05, 3.63) is 66.5 Å². The van der Waals surface area contributed by atoms with Crippen LogP contribution in [-0.4, -0.2) is 37.3 Å². The van der Waals surface area contributed by atoms with Crippen LogP contribution in [0.3, 0.4) is 0 Å². The number of aryl methyl sites for hydroxylation is 3. The molecule has 5 nitrogen and oxygen atoms in total. The van der Waals surface area contributed by atoms with Crippen molar-refractivity contribution >= 4 is 44.2 Å². The number of para-hydroxylation sites is 2. The first-order valence-electron chi connectivity index (χ1n) is 12.2. The second-order valence-electron chi connectivity index (χ2n) is 9.80. The Labute approximate surface area is 218 Å². The van der Waals surface area contributed by atoms with E-state index in [0.717, 1.165) is 25.9 Å². The van der Waals surface area contributed by atoms with E-state index in [-0.39, 0.29) is 17.0 Å². The normalized spacial score (nSPS) is 11.4. The molecule has 5 rings (SSSR count). The fourth-order valence-electron chi connectivity index (χ4n) is 5.21. The van der Waals surface area contributed by atoms with Gasteiger partial charge in [0.2, 0.25) is 0 Å². The van der Waals surface area contributed by atoms with Crippen molar-refractivity contribution in [2.45, 2.75) is 32.9 Å². The minimum Gasteiger partial charge on any atom is -1.00 e. The van der Waals surface area contributed by atoms with Crippen molar-refractivity contribution in [3.8, 4) is 0 Å². The van der Waals surface area contributed by atoms with Crippen molar-refractivity contribution in [3.63, 3.8) is 0 Å². The number of hydrogen-bond donors (Lipinski definition) is 0. The Balaban J connectivity index is 0.00000289. The Bertz CT molecular complexity index is 1430. The second kappa shape index (κ2) is 9.94. The number of unbranched alkanes of at least 4 members (excludes halogenated alkanes) is 1. The predicted molar refractivity (Wildman–Crippen MR) is 145 cm³/mol. The largest absolute Gasteiger partial charge is 1.00 e. The molecule has 0 radical (unpaired) electrons. The molecule has 0 saturated carbocycles. The molecular formula is C29H36BrN5. The van der Waals surface area contributed by atoms with Gasteiger partial charge < -0.3 is 31.3 Å². The molecule has 0 fully saturated rings. The first kappa shape index (κ1) is 25.1. The molecule has 0 N–H and O–H groups in total. The van der Waals surface area contributed by atoms with Gasteiger partial charge in [0.15, 0.2) is 11.0 Å². The Morgan fingerprint density at radius 1 is 0.686 bits per heavy atom. The molecule has 0 aliphatic rings. The van der Waals surface area contributed by atoms with Crippen LogP contribution in [0.25, 0.3) is 32.8 Å². The van der Waals surface area contributed by atoms with Gasteiger partial charge in [0.05, 0.1) is 13.6 Å². The minimum atomic E-state index is 0. The third kappa shape index (κ3) is 4.40. The summed E-state index contributed by atoms with van der Waals surface area (Å²) in [5.41, 5.74) is 7.76. The van der Waals surface area contributed by atoms with Crippen molar-refractivity contribution < 1.29 is 21.5 Å². The zero-order valence-electron chi connectivity index (χ0n) is 21.7. The number of aromatic nitrogens is 3. The lowest BCUT2D eigenvalue weighted by atomic mass is 10.1. The number of rotatable bonds is 7. The molecule has 0 aliphatic heterocycles. The van der Waals surface area contributed by atoms with Crippen LogP contribution >= 0.6 is 0 Å². The Morgan fingerprint density at radius 3 is 1.74 bits per heavy atom. The van der Waals surface area contributed by atoms with E-state index in [1.807, 2.05) is 0 Å². The average Bonchev–Trinajstić information content (AvgIpc) is 3.27. The molecule has 3 aromatic carbocycles. The summed E-state index contributed by atoms with van der Waals surface area (Å²) in [6.07, 6.45) is 2.28. The molecule has 0 aliphatic carbocycles. The summed E-state index contributed by atoms with van der Waals surface area (Å²) in [5, 5.41) is 2.67. The van der Waals surface area contributed by atoms with E-state index >= 15 is 0 Å². The van der Waals surface area contributed by atoms with E-state index in [1.165, 1.54) is 50.0 Å². The van der Waals surface area contributed by atoms with Crippen LogP contribution < -0.4 is 31.3 Å². The van der Waals surface area contributed by atoms with E-state index < -0.39 is 0 Å². The summed E-state index contributed by atoms with van der Waals surface area (Å²) in [4.78, 5) is 4.37. The highest BCUT2D eigenvalue weighted by molar-refractivity contribution is 6.10. The van der Waals surface area contributed by atoms with Crippen molar-refractivity contribution in [1.82, 2.24) is 9.13 Å². The smallest absolute Gasteiger partial charge is 0.253 e. The molecule has 2 aromatic heterocycles. The van der Waals surface area contributed by atoms with Gasteiger partial charge in [-0.3, -0.25) is 0 Å². The number of benzene rings is 3. The molecule has 0 unspecified atom stereocenters. The van der Waals surface area contributed by atoms with Crippen LogP contribution in [0.5, 0.6) is 0 Å². The summed E-state index contributed by atoms with van der Waals surface area (Å²) in [6.45, 7) is 4.28. The predicted octanol–water partition coefficient (Wildman–Crippen LogP) is 2.50. The molecular weight excluding hydrogens is 498 g/mol. The van der Waals surface area contributed by atoms with Gasteiger partial charge in [-0.05, 0) is 61.4 Å². The van der Waals surface area contributed by atoms with E-state index in [1.54, 1.807) is 0 Å². The second-order valence-corrected chi connectivity index (χ2v) is 9.80. The van der Waals surface area contributed by atoms with Crippen LogP contribution in [0.2, 0.25) is 0 Å². The summed E-state index contributed by atoms with van der Waals surface area (Å²) in [5.74, 6) is 1.31. The van der Waals surface area contributed by atoms with Gasteiger partial charge in [-0.15, -0.1) is 0 Å². The number of nitrogens with zero attached hydrogens (tertiary/aromatic N) is 5. The molecule has 6 heteroatoms. The minimum absolute atomic E-state index is 0. The SMILES string of the molecule is Cc1n(CCCCn2c3ccc(N(C)C)cc3c3cc(N(C)C)ccc32)c2ccccc2[n+]1C.[Br-]. The van der Waals surface area contributed by atoms with Gasteiger partial charge in [-0.25, -0.2) is 9.13 Å². The maximum atomic E-state index is 2.52. The van der Waals surface area contributed by atoms with Crippen LogP contribution in [0.1, 0.15) is 18.7 Å². The zero-order chi connectivity index (χ0) is 24.0. The fourth-order valence-corrected chi connectivity index (χ4v) is 5.21. The van der Waals surface area contributed by atoms with Crippen LogP contribution in [0.15, 0.2) is 60.7 Å². The highest BCUT2D eigenvalue weighted by Gasteiger charge is 2.18. The lowest BCUT2D eigenvalue weighted by Gasteiger charge is -2.13. The van der Waals surface area contributed by atoms with Gasteiger partial charge in [-0.2, -0.15) is 0 Å². The molecule has 184 valence electrons. The van der Waals surface area contributed by atoms with Gasteiger partial charge in [0.25, 0.3) is 5.82 Å². The highest BCUT2D eigenvalue weighted by Crippen LogP contribution is 2.34. The lowest BCUT2D eigenvalue weighted by molar-refractivity contribution is -0.652. The van der Waals surface area contributed by atoms with E-state index in [0.29, 0.717) is 0 Å². The third-order valence-electron chi connectivity index (χ3n) is 7.29. The Morgan fingerprint density at radius 2 is 1.20 bits per heavy atom. The van der Waals surface area contributed by atoms with Gasteiger partial charge in [-0.1, -0.05) is 12.1 Å². The Hall–Kier alpha value is -2.99. The summed E-state index contributed by atoms with van der Waals surface area (Å²) in [6, 6.07) is 22.4. The van der Waals surface area contributed by atoms with Crippen molar-refractivity contribution in [1.29, 1.82) is 0 Å². The highest BCUT2D eigenvalue weighted by atomic mass is 79.9. The van der Waals surface area contributed by atoms with Gasteiger partial charge >= 0.3 is 0 Å². The quantitative estimate of drug-likeness (QED) is 0.236. The first-order valence-corrected chi connectivity index (χ1v) is 12.2. The number of imidazole rings is 1. The molecule has 0 amide bonds. The maximum absolute atomic E-state index is 2.52. The Kier molecular flexibility index (Phi) is 7.13. The average molecular weight is 535 g/mol. The maximum Gasteiger partial charge on any atom is 0.253 e. The molecule has 5 aromatic rings. The molecule has 0 atom stereocenters. The van der Waals surface area contributed by atoms with Crippen LogP contribution in [0, 0.1) is 6.92 Å². The standard InChI is InChI=1S/C29H36N5.BrH/c1-21-32(6)28-11-7-8-12-29(28)33(21)17-9-10-18-34-26-15-13-22(30(2)3)19-24(26)25-20-23(31(4)5)14-16-27(25)34;/h7-8,11-16,19-20H,9-10,17-18H2,1-6H3;1H/q+1;/p-1. The van der Waals surface area contributed by atoms with E-state index in [9.17, 15) is 0 Å². The topological polar surface area (TPSA) is 20.2 Å². The van der Waals surface area contributed by atoms with E-state index in [4.69, 9.17) is 0 Å². The van der Waals surface area contributed by atoms with Crippen LogP contribution in [-0.2, 0) is 20.1 Å². The number of anilines is 2. The zero-order valence-corrected chi connectivity index (χ0v) is 23.3. The van der Waals surface area contributed by atoms with Crippen molar-refractivity contribution in [2.75, 3.05) is 38.0 Å². The monoisotopic (exact) mass is 533 g/mol. The van der Waals surface area contributed by atoms with E-state index in [2.05, 4.69) is 126 Å². The third-order valence-corrected chi connectivity index (χ3v) is 7.29. The molecule has 35 heavy (non-hydrogen) atoms. The van der Waals surface area contributed by atoms with Gasteiger partial charge in [0, 0.05) is 74.8 Å². The fraction of sp³-hybridized carbons (Fsp3) is 0.345. The molecule has 2 heterocycles. The molecule has 0 spiro atoms. The number of hydrogen-bond acceptors (Lipinski definition) is 2. The lowest BCUT2D eigenvalue weighted by Crippen LogP contribution is -3.00. The summed E-state index contributed by atoms with van der Waals surface area (Å²) >= 11 is 0. The molecule has 0 bridgehead atoms. The summed E-state index contributed by atoms with van der Waals surface area (Å²) < 4.78 is 7.28. The van der Waals surface area contributed by atoms with Crippen LogP contribution in [0.4, 0.5) is 11.4 Å². The van der Waals surface area contributed by atoms with Gasteiger partial charge in [0.1, 0.15) is 0 Å². The first-order chi connectivity index (χ1) is 16.4.